The lowest BCUT2D eigenvalue weighted by Crippen LogP contribution is -2.16. The van der Waals surface area contributed by atoms with Crippen LogP contribution in [-0.2, 0) is 27.1 Å². The predicted molar refractivity (Wildman–Crippen MR) is 270 cm³/mol. The molecule has 0 fully saturated rings. The fourth-order valence-corrected chi connectivity index (χ4v) is 9.14. The highest BCUT2D eigenvalue weighted by molar-refractivity contribution is 5.88. The summed E-state index contributed by atoms with van der Waals surface area (Å²) in [5.74, 6) is 0. The number of hydrogen-bond acceptors (Lipinski definition) is 1. The summed E-state index contributed by atoms with van der Waals surface area (Å²) >= 11 is 0. The summed E-state index contributed by atoms with van der Waals surface area (Å²) in [6, 6.07) is 58.0. The molecule has 7 aromatic carbocycles. The third-order valence-electron chi connectivity index (χ3n) is 13.2. The van der Waals surface area contributed by atoms with Crippen LogP contribution in [0.5, 0.6) is 0 Å². The van der Waals surface area contributed by atoms with Gasteiger partial charge in [0.25, 0.3) is 0 Å². The fraction of sp³-hybridized carbons (Fsp3) is 0.311. The summed E-state index contributed by atoms with van der Waals surface area (Å²) in [4.78, 5) is 2.47. The Morgan fingerprint density at radius 1 is 0.306 bits per heavy atom. The summed E-state index contributed by atoms with van der Waals surface area (Å²) in [7, 11) is 0. The van der Waals surface area contributed by atoms with Crippen molar-refractivity contribution < 1.29 is 0 Å². The molecule has 0 unspecified atom stereocenters. The maximum atomic E-state index is 2.47. The van der Waals surface area contributed by atoms with Gasteiger partial charge in [0.1, 0.15) is 0 Å². The number of benzene rings is 7. The van der Waals surface area contributed by atoms with Crippen molar-refractivity contribution in [2.24, 2.45) is 0 Å². The van der Waals surface area contributed by atoms with Gasteiger partial charge in [-0.1, -0.05) is 206 Å². The normalized spacial score (nSPS) is 13.8. The van der Waals surface area contributed by atoms with Gasteiger partial charge in [-0.25, -0.2) is 0 Å². The topological polar surface area (TPSA) is 3.24 Å². The zero-order chi connectivity index (χ0) is 44.6. The third-order valence-corrected chi connectivity index (χ3v) is 13.2. The molecule has 0 atom stereocenters. The van der Waals surface area contributed by atoms with E-state index in [-0.39, 0.29) is 27.1 Å². The van der Waals surface area contributed by atoms with Crippen molar-refractivity contribution >= 4 is 17.1 Å². The molecule has 7 aromatic rings. The minimum Gasteiger partial charge on any atom is -0.310 e. The van der Waals surface area contributed by atoms with Gasteiger partial charge in [-0.2, -0.15) is 0 Å². The highest BCUT2D eigenvalue weighted by Crippen LogP contribution is 2.51. The molecule has 0 radical (unpaired) electrons. The van der Waals surface area contributed by atoms with Gasteiger partial charge in [0, 0.05) is 22.5 Å². The second kappa shape index (κ2) is 15.3. The summed E-state index contributed by atoms with van der Waals surface area (Å²) < 4.78 is 0. The molecule has 0 heterocycles. The van der Waals surface area contributed by atoms with Crippen molar-refractivity contribution in [2.75, 3.05) is 4.90 Å². The van der Waals surface area contributed by atoms with E-state index in [0.29, 0.717) is 0 Å². The maximum Gasteiger partial charge on any atom is 0.0467 e. The Balaban J connectivity index is 1.30. The first-order valence-electron chi connectivity index (χ1n) is 22.7. The second-order valence-corrected chi connectivity index (χ2v) is 22.5. The van der Waals surface area contributed by atoms with Crippen molar-refractivity contribution in [3.05, 3.63) is 185 Å². The Kier molecular flexibility index (Phi) is 10.6. The molecule has 1 nitrogen and oxygen atoms in total. The van der Waals surface area contributed by atoms with Crippen LogP contribution in [0.1, 0.15) is 130 Å². The standard InChI is InChI=1S/C61H67N/c1-57(2,3)46-27-25-40(26-28-46)41-19-17-21-50(36-41)62(52-29-30-54-53-23-15-16-24-55(53)61(13,14)56(54)39-52)51-22-18-20-42(37-51)43-31-44(33-47(32-43)58(4,5)6)45-34-48(59(7,8)9)38-49(35-45)60(10,11)12/h15-39H,1-14H3. The Labute approximate surface area is 373 Å². The van der Waals surface area contributed by atoms with Crippen molar-refractivity contribution in [2.45, 2.75) is 124 Å². The minimum absolute atomic E-state index is 0.0288. The van der Waals surface area contributed by atoms with E-state index in [1.807, 2.05) is 0 Å². The average Bonchev–Trinajstić information content (AvgIpc) is 3.45. The van der Waals surface area contributed by atoms with Gasteiger partial charge < -0.3 is 4.90 Å². The Hall–Kier alpha value is -5.66. The molecule has 0 saturated carbocycles. The molecule has 0 bridgehead atoms. The highest BCUT2D eigenvalue weighted by atomic mass is 15.1. The third kappa shape index (κ3) is 8.32. The van der Waals surface area contributed by atoms with Gasteiger partial charge in [-0.15, -0.1) is 0 Å². The summed E-state index contributed by atoms with van der Waals surface area (Å²) in [5.41, 5.74) is 21.6. The summed E-state index contributed by atoms with van der Waals surface area (Å²) in [6.45, 7) is 32.5. The van der Waals surface area contributed by atoms with Crippen molar-refractivity contribution in [1.29, 1.82) is 0 Å². The van der Waals surface area contributed by atoms with Crippen LogP contribution in [0.4, 0.5) is 17.1 Å². The van der Waals surface area contributed by atoms with E-state index in [4.69, 9.17) is 0 Å². The van der Waals surface area contributed by atoms with E-state index < -0.39 is 0 Å². The minimum atomic E-state index is -0.118. The molecule has 0 amide bonds. The molecule has 62 heavy (non-hydrogen) atoms. The van der Waals surface area contributed by atoms with E-state index in [2.05, 4.69) is 253 Å². The Morgan fingerprint density at radius 3 is 1.27 bits per heavy atom. The van der Waals surface area contributed by atoms with Crippen molar-refractivity contribution in [3.63, 3.8) is 0 Å². The number of hydrogen-bond donors (Lipinski definition) is 0. The monoisotopic (exact) mass is 814 g/mol. The number of fused-ring (bicyclic) bond motifs is 3. The molecule has 0 aliphatic heterocycles. The van der Waals surface area contributed by atoms with E-state index >= 15 is 0 Å². The van der Waals surface area contributed by atoms with Crippen LogP contribution in [0, 0.1) is 0 Å². The summed E-state index contributed by atoms with van der Waals surface area (Å²) in [6.07, 6.45) is 0. The van der Waals surface area contributed by atoms with E-state index in [9.17, 15) is 0 Å². The molecule has 1 aliphatic rings. The molecule has 0 N–H and O–H groups in total. The van der Waals surface area contributed by atoms with Crippen LogP contribution in [0.25, 0.3) is 44.5 Å². The van der Waals surface area contributed by atoms with Crippen molar-refractivity contribution in [3.8, 4) is 44.5 Å². The van der Waals surface area contributed by atoms with Gasteiger partial charge in [-0.3, -0.25) is 0 Å². The molecular weight excluding hydrogens is 747 g/mol. The summed E-state index contributed by atoms with van der Waals surface area (Å²) in [5, 5.41) is 0. The van der Waals surface area contributed by atoms with Gasteiger partial charge in [0.05, 0.1) is 0 Å². The zero-order valence-electron chi connectivity index (χ0n) is 39.9. The molecular formula is C61H67N. The SMILES string of the molecule is CC(C)(C)c1ccc(-c2cccc(N(c3cccc(-c4cc(-c5cc(C(C)(C)C)cc(C(C)(C)C)c5)cc(C(C)(C)C)c4)c3)c3ccc4c(c3)C(C)(C)c3ccccc3-4)c2)cc1. The maximum absolute atomic E-state index is 2.47. The first-order valence-corrected chi connectivity index (χ1v) is 22.7. The molecule has 316 valence electrons. The first kappa shape index (κ1) is 43.0. The van der Waals surface area contributed by atoms with Crippen LogP contribution < -0.4 is 4.90 Å². The zero-order valence-corrected chi connectivity index (χ0v) is 39.9. The lowest BCUT2D eigenvalue weighted by molar-refractivity contribution is 0.569. The first-order chi connectivity index (χ1) is 29.0. The molecule has 1 aliphatic carbocycles. The number of nitrogens with zero attached hydrogens (tertiary/aromatic N) is 1. The predicted octanol–water partition coefficient (Wildman–Crippen LogP) is 17.7. The van der Waals surface area contributed by atoms with Gasteiger partial charge in [-0.05, 0) is 142 Å². The fourth-order valence-electron chi connectivity index (χ4n) is 9.14. The van der Waals surface area contributed by atoms with Gasteiger partial charge in [0.2, 0.25) is 0 Å². The quantitative estimate of drug-likeness (QED) is 0.162. The van der Waals surface area contributed by atoms with Crippen LogP contribution in [0.2, 0.25) is 0 Å². The van der Waals surface area contributed by atoms with Crippen molar-refractivity contribution in [1.82, 2.24) is 0 Å². The molecule has 8 rings (SSSR count). The van der Waals surface area contributed by atoms with E-state index in [1.54, 1.807) is 0 Å². The van der Waals surface area contributed by atoms with Gasteiger partial charge >= 0.3 is 0 Å². The Bertz CT molecular complexity index is 2750. The molecule has 1 heteroatoms. The Morgan fingerprint density at radius 2 is 0.742 bits per heavy atom. The average molecular weight is 814 g/mol. The lowest BCUT2D eigenvalue weighted by atomic mass is 9.78. The largest absolute Gasteiger partial charge is 0.310 e. The van der Waals surface area contributed by atoms with E-state index in [0.717, 1.165) is 17.1 Å². The molecule has 0 saturated heterocycles. The second-order valence-electron chi connectivity index (χ2n) is 22.5. The highest BCUT2D eigenvalue weighted by Gasteiger charge is 2.36. The van der Waals surface area contributed by atoms with Crippen LogP contribution in [-0.4, -0.2) is 0 Å². The number of rotatable bonds is 6. The number of anilines is 3. The van der Waals surface area contributed by atoms with Crippen LogP contribution >= 0.6 is 0 Å². The van der Waals surface area contributed by atoms with Crippen LogP contribution in [0.3, 0.4) is 0 Å². The van der Waals surface area contributed by atoms with Gasteiger partial charge in [0.15, 0.2) is 0 Å². The van der Waals surface area contributed by atoms with E-state index in [1.165, 1.54) is 77.9 Å². The smallest absolute Gasteiger partial charge is 0.0467 e. The lowest BCUT2D eigenvalue weighted by Gasteiger charge is -2.29. The molecule has 0 aromatic heterocycles. The van der Waals surface area contributed by atoms with Crippen LogP contribution in [0.15, 0.2) is 152 Å². The molecule has 0 spiro atoms.